The molecule has 1 unspecified atom stereocenters. The van der Waals surface area contributed by atoms with Gasteiger partial charge in [0, 0.05) is 5.56 Å². The van der Waals surface area contributed by atoms with E-state index in [1.54, 1.807) is 30.4 Å². The molecule has 0 saturated heterocycles. The minimum absolute atomic E-state index is 0.306. The quantitative estimate of drug-likeness (QED) is 0.747. The molecule has 1 aromatic heterocycles. The summed E-state index contributed by atoms with van der Waals surface area (Å²) in [6.45, 7) is 4.21. The molecule has 2 rings (SSSR count). The fourth-order valence-electron chi connectivity index (χ4n) is 1.97. The van der Waals surface area contributed by atoms with Crippen molar-refractivity contribution in [2.75, 3.05) is 6.54 Å². The topological polar surface area (TPSA) is 12.0 Å². The van der Waals surface area contributed by atoms with Crippen LogP contribution in [0, 0.1) is 21.4 Å². The zero-order valence-electron chi connectivity index (χ0n) is 10.6. The number of aryl methyl sites for hydroxylation is 1. The van der Waals surface area contributed by atoms with Gasteiger partial charge >= 0.3 is 0 Å². The van der Waals surface area contributed by atoms with Crippen LogP contribution >= 0.6 is 33.9 Å². The van der Waals surface area contributed by atoms with Crippen LogP contribution in [0.1, 0.15) is 29.7 Å². The van der Waals surface area contributed by atoms with Gasteiger partial charge in [-0.15, -0.1) is 11.3 Å². The fraction of sp³-hybridized carbons (Fsp3) is 0.286. The van der Waals surface area contributed by atoms with Crippen molar-refractivity contribution < 1.29 is 8.78 Å². The molecule has 1 N–H and O–H groups in total. The van der Waals surface area contributed by atoms with Gasteiger partial charge in [-0.25, -0.2) is 8.78 Å². The minimum Gasteiger partial charge on any atom is -0.306 e. The van der Waals surface area contributed by atoms with Gasteiger partial charge in [0.15, 0.2) is 11.6 Å². The largest absolute Gasteiger partial charge is 0.306 e. The summed E-state index contributed by atoms with van der Waals surface area (Å²) in [5.74, 6) is -1.52. The summed E-state index contributed by atoms with van der Waals surface area (Å²) in [6, 6.07) is 4.97. The Morgan fingerprint density at radius 3 is 2.63 bits per heavy atom. The van der Waals surface area contributed by atoms with Gasteiger partial charge in [0.25, 0.3) is 0 Å². The number of hydrogen-bond acceptors (Lipinski definition) is 2. The van der Waals surface area contributed by atoms with Gasteiger partial charge in [-0.05, 0) is 58.6 Å². The third-order valence-electron chi connectivity index (χ3n) is 2.95. The van der Waals surface area contributed by atoms with E-state index in [0.717, 1.165) is 8.45 Å². The Labute approximate surface area is 129 Å². The molecule has 1 aromatic carbocycles. The van der Waals surface area contributed by atoms with Crippen molar-refractivity contribution in [2.24, 2.45) is 0 Å². The summed E-state index contributed by atoms with van der Waals surface area (Å²) in [4.78, 5) is 0. The van der Waals surface area contributed by atoms with Crippen LogP contribution in [-0.4, -0.2) is 6.54 Å². The number of hydrogen-bond donors (Lipinski definition) is 1. The molecule has 0 aliphatic rings. The summed E-state index contributed by atoms with van der Waals surface area (Å²) in [7, 11) is 0. The third kappa shape index (κ3) is 3.14. The van der Waals surface area contributed by atoms with Crippen LogP contribution in [0.2, 0.25) is 0 Å². The lowest BCUT2D eigenvalue weighted by Crippen LogP contribution is -2.23. The number of rotatable bonds is 4. The number of halogens is 3. The predicted molar refractivity (Wildman–Crippen MR) is 83.7 cm³/mol. The maximum Gasteiger partial charge on any atom is 0.164 e. The highest BCUT2D eigenvalue weighted by atomic mass is 127. The molecule has 0 radical (unpaired) electrons. The Hall–Kier alpha value is -0.530. The fourth-order valence-corrected chi connectivity index (χ4v) is 3.37. The summed E-state index contributed by atoms with van der Waals surface area (Å²) in [6.07, 6.45) is 0. The molecular weight excluding hydrogens is 379 g/mol. The van der Waals surface area contributed by atoms with E-state index in [1.165, 1.54) is 0 Å². The first-order valence-electron chi connectivity index (χ1n) is 5.96. The van der Waals surface area contributed by atoms with Gasteiger partial charge in [-0.3, -0.25) is 0 Å². The molecular formula is C14H14F2INS. The normalized spacial score (nSPS) is 12.7. The van der Waals surface area contributed by atoms with Gasteiger partial charge in [-0.2, -0.15) is 0 Å². The molecule has 0 aliphatic carbocycles. The Balaban J connectivity index is 2.48. The molecule has 0 fully saturated rings. The maximum absolute atomic E-state index is 14.1. The first-order chi connectivity index (χ1) is 9.04. The number of nitrogens with one attached hydrogen (secondary N) is 1. The highest BCUT2D eigenvalue weighted by Crippen LogP contribution is 2.30. The monoisotopic (exact) mass is 393 g/mol. The van der Waals surface area contributed by atoms with Crippen molar-refractivity contribution >= 4 is 33.9 Å². The van der Waals surface area contributed by atoms with Crippen molar-refractivity contribution in [3.8, 4) is 0 Å². The second-order valence-corrected chi connectivity index (χ2v) is 7.08. The van der Waals surface area contributed by atoms with E-state index in [9.17, 15) is 8.78 Å². The molecule has 5 heteroatoms. The van der Waals surface area contributed by atoms with Gasteiger partial charge in [0.2, 0.25) is 0 Å². The predicted octanol–water partition coefficient (Wildman–Crippen LogP) is 4.64. The zero-order valence-corrected chi connectivity index (χ0v) is 13.6. The molecule has 1 nitrogen and oxygen atoms in total. The molecule has 0 bridgehead atoms. The molecule has 0 aliphatic heterocycles. The lowest BCUT2D eigenvalue weighted by Gasteiger charge is -2.18. The highest BCUT2D eigenvalue weighted by molar-refractivity contribution is 14.1. The van der Waals surface area contributed by atoms with Crippen LogP contribution in [0.5, 0.6) is 0 Å². The van der Waals surface area contributed by atoms with E-state index in [2.05, 4.69) is 27.9 Å². The lowest BCUT2D eigenvalue weighted by atomic mass is 9.99. The average Bonchev–Trinajstić information content (AvgIpc) is 2.81. The smallest absolute Gasteiger partial charge is 0.164 e. The van der Waals surface area contributed by atoms with E-state index in [0.29, 0.717) is 17.7 Å². The standard InChI is InChI=1S/C14H14F2INS/c1-3-18-14(9-6-11(17)19-7-9)10-5-4-8(2)12(15)13(10)16/h4-7,14,18H,3H2,1-2H3. The summed E-state index contributed by atoms with van der Waals surface area (Å²) in [5.41, 5.74) is 1.66. The number of thiophene rings is 1. The molecule has 1 atom stereocenters. The maximum atomic E-state index is 14.1. The Morgan fingerprint density at radius 2 is 2.05 bits per heavy atom. The Morgan fingerprint density at radius 1 is 1.32 bits per heavy atom. The second-order valence-electron chi connectivity index (χ2n) is 4.27. The molecule has 1 heterocycles. The summed E-state index contributed by atoms with van der Waals surface area (Å²) < 4.78 is 29.0. The van der Waals surface area contributed by atoms with E-state index in [4.69, 9.17) is 0 Å². The first kappa shape index (κ1) is 14.9. The lowest BCUT2D eigenvalue weighted by molar-refractivity contribution is 0.479. The zero-order chi connectivity index (χ0) is 14.0. The highest BCUT2D eigenvalue weighted by Gasteiger charge is 2.21. The molecule has 102 valence electrons. The summed E-state index contributed by atoms with van der Waals surface area (Å²) in [5, 5.41) is 5.19. The third-order valence-corrected chi connectivity index (χ3v) is 4.75. The van der Waals surface area contributed by atoms with Crippen molar-refractivity contribution in [1.82, 2.24) is 5.32 Å². The average molecular weight is 393 g/mol. The second kappa shape index (κ2) is 6.28. The van der Waals surface area contributed by atoms with E-state index in [-0.39, 0.29) is 6.04 Å². The van der Waals surface area contributed by atoms with Gasteiger partial charge in [0.1, 0.15) is 0 Å². The van der Waals surface area contributed by atoms with Crippen molar-refractivity contribution in [3.05, 3.63) is 54.8 Å². The van der Waals surface area contributed by atoms with E-state index >= 15 is 0 Å². The molecule has 2 aromatic rings. The van der Waals surface area contributed by atoms with Crippen LogP contribution in [-0.2, 0) is 0 Å². The Kier molecular flexibility index (Phi) is 4.92. The van der Waals surface area contributed by atoms with E-state index in [1.807, 2.05) is 18.4 Å². The summed E-state index contributed by atoms with van der Waals surface area (Å²) >= 11 is 3.82. The molecule has 0 amide bonds. The number of benzene rings is 1. The van der Waals surface area contributed by atoms with Crippen LogP contribution in [0.15, 0.2) is 23.6 Å². The van der Waals surface area contributed by atoms with Crippen LogP contribution in [0.4, 0.5) is 8.78 Å². The molecule has 0 spiro atoms. The van der Waals surface area contributed by atoms with Crippen molar-refractivity contribution in [1.29, 1.82) is 0 Å². The van der Waals surface area contributed by atoms with Crippen molar-refractivity contribution in [2.45, 2.75) is 19.9 Å². The minimum atomic E-state index is -0.759. The van der Waals surface area contributed by atoms with Crippen LogP contribution < -0.4 is 5.32 Å². The molecule has 19 heavy (non-hydrogen) atoms. The molecule has 0 saturated carbocycles. The van der Waals surface area contributed by atoms with Crippen LogP contribution in [0.25, 0.3) is 0 Å². The van der Waals surface area contributed by atoms with Gasteiger partial charge < -0.3 is 5.32 Å². The van der Waals surface area contributed by atoms with Crippen molar-refractivity contribution in [3.63, 3.8) is 0 Å². The SMILES string of the molecule is CCNC(c1csc(I)c1)c1ccc(C)c(F)c1F. The first-order valence-corrected chi connectivity index (χ1v) is 7.92. The van der Waals surface area contributed by atoms with Gasteiger partial charge in [-0.1, -0.05) is 19.1 Å². The van der Waals surface area contributed by atoms with E-state index < -0.39 is 11.6 Å². The van der Waals surface area contributed by atoms with Gasteiger partial charge in [0.05, 0.1) is 8.93 Å². The van der Waals surface area contributed by atoms with Crippen LogP contribution in [0.3, 0.4) is 0 Å². The Bertz CT molecular complexity index is 583.